The molecule has 0 spiro atoms. The Morgan fingerprint density at radius 1 is 1.54 bits per heavy atom. The number of halogens is 1. The van der Waals surface area contributed by atoms with Gasteiger partial charge < -0.3 is 10.1 Å². The second-order valence-corrected chi connectivity index (χ2v) is 3.75. The molecule has 1 saturated heterocycles. The number of carbonyl (C=O) groups excluding carboxylic acids is 1. The van der Waals surface area contributed by atoms with Crippen LogP contribution in [0.5, 0.6) is 0 Å². The number of nitrogens with one attached hydrogen (secondary N) is 1. The number of ether oxygens (including phenoxy) is 1. The minimum Gasteiger partial charge on any atom is -0.439 e. The molecule has 13 heavy (non-hydrogen) atoms. The van der Waals surface area contributed by atoms with E-state index in [0.717, 1.165) is 10.0 Å². The molecule has 1 fully saturated rings. The van der Waals surface area contributed by atoms with E-state index >= 15 is 0 Å². The number of hydrogen-bond donors (Lipinski definition) is 1. The van der Waals surface area contributed by atoms with Crippen LogP contribution in [0, 0.1) is 0 Å². The number of amides is 1. The number of alkyl carbamates (subject to hydrolysis) is 1. The summed E-state index contributed by atoms with van der Waals surface area (Å²) in [7, 11) is 0. The van der Waals surface area contributed by atoms with E-state index in [9.17, 15) is 4.79 Å². The number of cyclic esters (lactones) is 1. The molecule has 0 aliphatic carbocycles. The lowest BCUT2D eigenvalue weighted by Gasteiger charge is -2.07. The largest absolute Gasteiger partial charge is 0.439 e. The lowest BCUT2D eigenvalue weighted by Crippen LogP contribution is -2.12. The minimum absolute atomic E-state index is 0.148. The van der Waals surface area contributed by atoms with E-state index in [2.05, 4.69) is 21.2 Å². The first-order valence-electron chi connectivity index (χ1n) is 3.95. The summed E-state index contributed by atoms with van der Waals surface area (Å²) < 4.78 is 6.02. The zero-order valence-electron chi connectivity index (χ0n) is 6.79. The average Bonchev–Trinajstić information content (AvgIpc) is 2.52. The molecule has 68 valence electrons. The van der Waals surface area contributed by atoms with Crippen molar-refractivity contribution in [3.8, 4) is 0 Å². The third-order valence-corrected chi connectivity index (χ3v) is 2.39. The fourth-order valence-electron chi connectivity index (χ4n) is 1.28. The molecule has 4 heteroatoms. The quantitative estimate of drug-likeness (QED) is 0.819. The van der Waals surface area contributed by atoms with Gasteiger partial charge in [0.15, 0.2) is 0 Å². The van der Waals surface area contributed by atoms with Crippen LogP contribution in [0.25, 0.3) is 0 Å². The highest BCUT2D eigenvalue weighted by atomic mass is 79.9. The van der Waals surface area contributed by atoms with Crippen LogP contribution in [-0.4, -0.2) is 12.6 Å². The van der Waals surface area contributed by atoms with Crippen molar-refractivity contribution in [3.63, 3.8) is 0 Å². The van der Waals surface area contributed by atoms with Crippen molar-refractivity contribution in [2.24, 2.45) is 0 Å². The molecule has 0 radical (unpaired) electrons. The molecule has 0 bridgehead atoms. The van der Waals surface area contributed by atoms with E-state index in [1.54, 1.807) is 0 Å². The number of benzene rings is 1. The SMILES string of the molecule is O=C1NC[C@@H](c2cccc(Br)c2)O1. The van der Waals surface area contributed by atoms with E-state index in [1.165, 1.54) is 0 Å². The first-order valence-corrected chi connectivity index (χ1v) is 4.75. The van der Waals surface area contributed by atoms with E-state index in [0.29, 0.717) is 6.54 Å². The number of carbonyl (C=O) groups is 1. The van der Waals surface area contributed by atoms with Gasteiger partial charge in [-0.05, 0) is 17.7 Å². The summed E-state index contributed by atoms with van der Waals surface area (Å²) in [5.41, 5.74) is 1.01. The molecule has 1 aromatic carbocycles. The van der Waals surface area contributed by atoms with Gasteiger partial charge in [0, 0.05) is 4.47 Å². The van der Waals surface area contributed by atoms with Gasteiger partial charge in [0.2, 0.25) is 0 Å². The Morgan fingerprint density at radius 3 is 3.00 bits per heavy atom. The topological polar surface area (TPSA) is 38.3 Å². The normalized spacial score (nSPS) is 21.0. The Balaban J connectivity index is 2.21. The molecule has 1 amide bonds. The standard InChI is InChI=1S/C9H8BrNO2/c10-7-3-1-2-6(4-7)8-5-11-9(12)13-8/h1-4,8H,5H2,(H,11,12)/t8-/m0/s1. The average molecular weight is 242 g/mol. The van der Waals surface area contributed by atoms with Gasteiger partial charge in [-0.25, -0.2) is 4.79 Å². The molecular formula is C9H8BrNO2. The highest BCUT2D eigenvalue weighted by molar-refractivity contribution is 9.10. The maximum absolute atomic E-state index is 10.8. The predicted molar refractivity (Wildman–Crippen MR) is 51.4 cm³/mol. The zero-order valence-corrected chi connectivity index (χ0v) is 8.37. The van der Waals surface area contributed by atoms with Crippen LogP contribution in [0.15, 0.2) is 28.7 Å². The van der Waals surface area contributed by atoms with Crippen molar-refractivity contribution >= 4 is 22.0 Å². The molecule has 1 N–H and O–H groups in total. The van der Waals surface area contributed by atoms with E-state index < -0.39 is 0 Å². The molecule has 1 aromatic rings. The van der Waals surface area contributed by atoms with Crippen molar-refractivity contribution in [2.75, 3.05) is 6.54 Å². The Kier molecular flexibility index (Phi) is 2.22. The second-order valence-electron chi connectivity index (χ2n) is 2.83. The van der Waals surface area contributed by atoms with Crippen molar-refractivity contribution in [1.29, 1.82) is 0 Å². The van der Waals surface area contributed by atoms with E-state index in [1.807, 2.05) is 24.3 Å². The van der Waals surface area contributed by atoms with Crippen LogP contribution >= 0.6 is 15.9 Å². The van der Waals surface area contributed by atoms with Crippen molar-refractivity contribution in [3.05, 3.63) is 34.3 Å². The van der Waals surface area contributed by atoms with E-state index in [-0.39, 0.29) is 12.2 Å². The van der Waals surface area contributed by atoms with Crippen molar-refractivity contribution in [1.82, 2.24) is 5.32 Å². The fourth-order valence-corrected chi connectivity index (χ4v) is 1.70. The molecule has 1 aliphatic rings. The lowest BCUT2D eigenvalue weighted by molar-refractivity contribution is 0.141. The van der Waals surface area contributed by atoms with Crippen LogP contribution in [0.4, 0.5) is 4.79 Å². The molecule has 1 aliphatic heterocycles. The van der Waals surface area contributed by atoms with Gasteiger partial charge in [0.1, 0.15) is 6.10 Å². The molecule has 0 aromatic heterocycles. The minimum atomic E-state index is -0.343. The molecule has 2 rings (SSSR count). The van der Waals surface area contributed by atoms with Gasteiger partial charge in [0.05, 0.1) is 6.54 Å². The van der Waals surface area contributed by atoms with Gasteiger partial charge in [-0.2, -0.15) is 0 Å². The molecule has 0 saturated carbocycles. The number of rotatable bonds is 1. The Morgan fingerprint density at radius 2 is 2.38 bits per heavy atom. The van der Waals surface area contributed by atoms with Crippen LogP contribution in [0.2, 0.25) is 0 Å². The summed E-state index contributed by atoms with van der Waals surface area (Å²) in [6, 6.07) is 7.75. The lowest BCUT2D eigenvalue weighted by atomic mass is 10.1. The summed E-state index contributed by atoms with van der Waals surface area (Å²) in [5.74, 6) is 0. The zero-order chi connectivity index (χ0) is 9.26. The monoisotopic (exact) mass is 241 g/mol. The van der Waals surface area contributed by atoms with Gasteiger partial charge >= 0.3 is 6.09 Å². The number of hydrogen-bond acceptors (Lipinski definition) is 2. The first kappa shape index (κ1) is 8.56. The van der Waals surface area contributed by atoms with Crippen LogP contribution < -0.4 is 5.32 Å². The first-order chi connectivity index (χ1) is 6.25. The molecule has 1 atom stereocenters. The molecule has 0 unspecified atom stereocenters. The van der Waals surface area contributed by atoms with Crippen molar-refractivity contribution in [2.45, 2.75) is 6.10 Å². The third-order valence-electron chi connectivity index (χ3n) is 1.90. The highest BCUT2D eigenvalue weighted by Crippen LogP contribution is 2.23. The maximum atomic E-state index is 10.8. The summed E-state index contributed by atoms with van der Waals surface area (Å²) in [6.07, 6.45) is -0.491. The van der Waals surface area contributed by atoms with Gasteiger partial charge in [-0.15, -0.1) is 0 Å². The van der Waals surface area contributed by atoms with Crippen LogP contribution in [0.3, 0.4) is 0 Å². The molecule has 3 nitrogen and oxygen atoms in total. The maximum Gasteiger partial charge on any atom is 0.407 e. The molecular weight excluding hydrogens is 234 g/mol. The Hall–Kier alpha value is -1.03. The van der Waals surface area contributed by atoms with Crippen molar-refractivity contribution < 1.29 is 9.53 Å². The fraction of sp³-hybridized carbons (Fsp3) is 0.222. The van der Waals surface area contributed by atoms with Gasteiger partial charge in [-0.3, -0.25) is 0 Å². The molecule has 1 heterocycles. The summed E-state index contributed by atoms with van der Waals surface area (Å²) in [4.78, 5) is 10.8. The second kappa shape index (κ2) is 3.38. The highest BCUT2D eigenvalue weighted by Gasteiger charge is 2.23. The Bertz CT molecular complexity index is 340. The smallest absolute Gasteiger partial charge is 0.407 e. The van der Waals surface area contributed by atoms with Crippen LogP contribution in [-0.2, 0) is 4.74 Å². The Labute approximate surface area is 84.2 Å². The van der Waals surface area contributed by atoms with Crippen LogP contribution in [0.1, 0.15) is 11.7 Å². The third kappa shape index (κ3) is 1.83. The van der Waals surface area contributed by atoms with E-state index in [4.69, 9.17) is 4.74 Å². The summed E-state index contributed by atoms with van der Waals surface area (Å²) in [5, 5.41) is 2.61. The summed E-state index contributed by atoms with van der Waals surface area (Å²) in [6.45, 7) is 0.551. The summed E-state index contributed by atoms with van der Waals surface area (Å²) >= 11 is 3.36. The van der Waals surface area contributed by atoms with Gasteiger partial charge in [-0.1, -0.05) is 28.1 Å². The predicted octanol–water partition coefficient (Wildman–Crippen LogP) is 2.23. The van der Waals surface area contributed by atoms with Gasteiger partial charge in [0.25, 0.3) is 0 Å².